The molecule has 124 valence electrons. The summed E-state index contributed by atoms with van der Waals surface area (Å²) in [4.78, 5) is 4.70. The van der Waals surface area contributed by atoms with E-state index in [0.717, 1.165) is 27.9 Å². The fraction of sp³-hybridized carbons (Fsp3) is 0.100. The van der Waals surface area contributed by atoms with Gasteiger partial charge in [-0.25, -0.2) is 4.98 Å². The highest BCUT2D eigenvalue weighted by atomic mass is 35.5. The van der Waals surface area contributed by atoms with Gasteiger partial charge < -0.3 is 5.11 Å². The van der Waals surface area contributed by atoms with Crippen LogP contribution < -0.4 is 0 Å². The molecule has 0 unspecified atom stereocenters. The molecule has 0 bridgehead atoms. The Kier molecular flexibility index (Phi) is 3.90. The lowest BCUT2D eigenvalue weighted by atomic mass is 10.0. The Morgan fingerprint density at radius 3 is 2.48 bits per heavy atom. The van der Waals surface area contributed by atoms with Gasteiger partial charge in [0.1, 0.15) is 0 Å². The van der Waals surface area contributed by atoms with E-state index in [-0.39, 0.29) is 5.88 Å². The first kappa shape index (κ1) is 15.7. The lowest BCUT2D eigenvalue weighted by molar-refractivity contribution is 0.428. The van der Waals surface area contributed by atoms with Crippen molar-refractivity contribution in [2.75, 3.05) is 0 Å². The standard InChI is InChI=1S/C20H16ClN3O/c1-13-17(11-14-5-3-2-4-6-14)20(25)24-19(23-13)18(12-22-24)15-7-9-16(21)10-8-15/h2-10,12,25H,11H2,1H3. The number of aromatic hydroxyl groups is 1. The van der Waals surface area contributed by atoms with Gasteiger partial charge in [0, 0.05) is 28.3 Å². The molecule has 0 aliphatic heterocycles. The van der Waals surface area contributed by atoms with Crippen molar-refractivity contribution in [1.82, 2.24) is 14.6 Å². The second kappa shape index (κ2) is 6.22. The van der Waals surface area contributed by atoms with Gasteiger partial charge in [-0.15, -0.1) is 0 Å². The van der Waals surface area contributed by atoms with Gasteiger partial charge in [-0.3, -0.25) is 0 Å². The first-order chi connectivity index (χ1) is 12.1. The molecule has 2 heterocycles. The minimum atomic E-state index is 0.131. The van der Waals surface area contributed by atoms with Gasteiger partial charge in [0.25, 0.3) is 0 Å². The Bertz CT molecular complexity index is 1040. The van der Waals surface area contributed by atoms with Crippen molar-refractivity contribution < 1.29 is 5.11 Å². The molecule has 2 aromatic heterocycles. The second-order valence-corrected chi connectivity index (χ2v) is 6.40. The van der Waals surface area contributed by atoms with Crippen LogP contribution in [0.25, 0.3) is 16.8 Å². The molecular weight excluding hydrogens is 334 g/mol. The summed E-state index contributed by atoms with van der Waals surface area (Å²) in [5.41, 5.74) is 5.15. The molecule has 0 aliphatic carbocycles. The first-order valence-electron chi connectivity index (χ1n) is 7.99. The van der Waals surface area contributed by atoms with Crippen molar-refractivity contribution in [3.8, 4) is 17.0 Å². The molecule has 0 atom stereocenters. The van der Waals surface area contributed by atoms with Crippen LogP contribution in [-0.4, -0.2) is 19.7 Å². The van der Waals surface area contributed by atoms with E-state index in [1.165, 1.54) is 4.52 Å². The number of aromatic nitrogens is 3. The maximum Gasteiger partial charge on any atom is 0.219 e. The highest BCUT2D eigenvalue weighted by molar-refractivity contribution is 6.30. The number of hydrogen-bond acceptors (Lipinski definition) is 3. The summed E-state index contributed by atoms with van der Waals surface area (Å²) in [6.45, 7) is 1.91. The van der Waals surface area contributed by atoms with Gasteiger partial charge in [-0.05, 0) is 30.2 Å². The van der Waals surface area contributed by atoms with Gasteiger partial charge >= 0.3 is 0 Å². The summed E-state index contributed by atoms with van der Waals surface area (Å²) in [7, 11) is 0. The van der Waals surface area contributed by atoms with Gasteiger partial charge in [0.05, 0.1) is 6.20 Å². The smallest absolute Gasteiger partial charge is 0.219 e. The molecule has 0 fully saturated rings. The maximum atomic E-state index is 10.7. The average Bonchev–Trinajstić information content (AvgIpc) is 3.04. The highest BCUT2D eigenvalue weighted by Gasteiger charge is 2.17. The molecule has 0 saturated heterocycles. The fourth-order valence-corrected chi connectivity index (χ4v) is 3.09. The Labute approximate surface area is 150 Å². The van der Waals surface area contributed by atoms with E-state index in [2.05, 4.69) is 5.10 Å². The van der Waals surface area contributed by atoms with Crippen molar-refractivity contribution in [2.24, 2.45) is 0 Å². The number of nitrogens with zero attached hydrogens (tertiary/aromatic N) is 3. The van der Waals surface area contributed by atoms with Crippen LogP contribution in [0.15, 0.2) is 60.8 Å². The molecule has 25 heavy (non-hydrogen) atoms. The average molecular weight is 350 g/mol. The number of benzene rings is 2. The lowest BCUT2D eigenvalue weighted by Crippen LogP contribution is -2.02. The lowest BCUT2D eigenvalue weighted by Gasteiger charge is -2.10. The van der Waals surface area contributed by atoms with Crippen LogP contribution in [0, 0.1) is 6.92 Å². The van der Waals surface area contributed by atoms with Gasteiger partial charge in [-0.2, -0.15) is 9.61 Å². The van der Waals surface area contributed by atoms with Crippen LogP contribution in [-0.2, 0) is 6.42 Å². The van der Waals surface area contributed by atoms with E-state index in [4.69, 9.17) is 16.6 Å². The van der Waals surface area contributed by atoms with Crippen LogP contribution >= 0.6 is 11.6 Å². The predicted octanol–water partition coefficient (Wildman–Crippen LogP) is 4.65. The third kappa shape index (κ3) is 2.85. The number of hydrogen-bond donors (Lipinski definition) is 1. The topological polar surface area (TPSA) is 50.4 Å². The normalized spacial score (nSPS) is 11.1. The summed E-state index contributed by atoms with van der Waals surface area (Å²) < 4.78 is 1.50. The van der Waals surface area contributed by atoms with Crippen molar-refractivity contribution >= 4 is 17.2 Å². The molecule has 2 aromatic carbocycles. The molecule has 4 nitrogen and oxygen atoms in total. The van der Waals surface area contributed by atoms with E-state index < -0.39 is 0 Å². The third-order valence-electron chi connectivity index (χ3n) is 4.30. The molecule has 5 heteroatoms. The molecule has 1 N–H and O–H groups in total. The first-order valence-corrected chi connectivity index (χ1v) is 8.37. The summed E-state index contributed by atoms with van der Waals surface area (Å²) in [5, 5.41) is 15.7. The second-order valence-electron chi connectivity index (χ2n) is 5.96. The zero-order valence-corrected chi connectivity index (χ0v) is 14.4. The van der Waals surface area contributed by atoms with Crippen molar-refractivity contribution in [1.29, 1.82) is 0 Å². The van der Waals surface area contributed by atoms with Crippen LogP contribution in [0.3, 0.4) is 0 Å². The van der Waals surface area contributed by atoms with Gasteiger partial charge in [0.15, 0.2) is 5.65 Å². The predicted molar refractivity (Wildman–Crippen MR) is 99.1 cm³/mol. The molecule has 0 spiro atoms. The maximum absolute atomic E-state index is 10.7. The Hall–Kier alpha value is -2.85. The molecule has 0 aliphatic rings. The number of fused-ring (bicyclic) bond motifs is 1. The monoisotopic (exact) mass is 349 g/mol. The largest absolute Gasteiger partial charge is 0.493 e. The Balaban J connectivity index is 1.83. The van der Waals surface area contributed by atoms with E-state index in [1.807, 2.05) is 61.5 Å². The van der Waals surface area contributed by atoms with Crippen molar-refractivity contribution in [3.63, 3.8) is 0 Å². The van der Waals surface area contributed by atoms with E-state index >= 15 is 0 Å². The quantitative estimate of drug-likeness (QED) is 0.585. The Morgan fingerprint density at radius 1 is 1.04 bits per heavy atom. The zero-order valence-electron chi connectivity index (χ0n) is 13.6. The summed E-state index contributed by atoms with van der Waals surface area (Å²) in [6.07, 6.45) is 2.33. The molecule has 4 rings (SSSR count). The van der Waals surface area contributed by atoms with Crippen molar-refractivity contribution in [2.45, 2.75) is 13.3 Å². The molecule has 0 amide bonds. The van der Waals surface area contributed by atoms with E-state index in [0.29, 0.717) is 17.1 Å². The molecule has 0 saturated carbocycles. The minimum Gasteiger partial charge on any atom is -0.493 e. The number of rotatable bonds is 3. The minimum absolute atomic E-state index is 0.131. The molecular formula is C20H16ClN3O. The third-order valence-corrected chi connectivity index (χ3v) is 4.56. The van der Waals surface area contributed by atoms with Crippen LogP contribution in [0.2, 0.25) is 5.02 Å². The number of aryl methyl sites for hydroxylation is 1. The SMILES string of the molecule is Cc1nc2c(-c3ccc(Cl)cc3)cnn2c(O)c1Cc1ccccc1. The van der Waals surface area contributed by atoms with Crippen LogP contribution in [0.5, 0.6) is 5.88 Å². The van der Waals surface area contributed by atoms with Crippen LogP contribution in [0.1, 0.15) is 16.8 Å². The Morgan fingerprint density at radius 2 is 1.76 bits per heavy atom. The van der Waals surface area contributed by atoms with E-state index in [9.17, 15) is 5.11 Å². The van der Waals surface area contributed by atoms with E-state index in [1.54, 1.807) is 6.20 Å². The molecule has 4 aromatic rings. The summed E-state index contributed by atoms with van der Waals surface area (Å²) in [5.74, 6) is 0.131. The fourth-order valence-electron chi connectivity index (χ4n) is 2.96. The molecule has 0 radical (unpaired) electrons. The van der Waals surface area contributed by atoms with Crippen LogP contribution in [0.4, 0.5) is 0 Å². The van der Waals surface area contributed by atoms with Gasteiger partial charge in [-0.1, -0.05) is 54.1 Å². The summed E-state index contributed by atoms with van der Waals surface area (Å²) in [6, 6.07) is 17.5. The summed E-state index contributed by atoms with van der Waals surface area (Å²) >= 11 is 5.96. The van der Waals surface area contributed by atoms with Crippen molar-refractivity contribution in [3.05, 3.63) is 82.6 Å². The number of halogens is 1. The van der Waals surface area contributed by atoms with Gasteiger partial charge in [0.2, 0.25) is 5.88 Å². The highest BCUT2D eigenvalue weighted by Crippen LogP contribution is 2.30. The zero-order chi connectivity index (χ0) is 17.4.